The number of ether oxygens (including phenoxy) is 1. The lowest BCUT2D eigenvalue weighted by Gasteiger charge is -2.08. The number of hydrogen-bond donors (Lipinski definition) is 2. The molecule has 0 aliphatic heterocycles. The van der Waals surface area contributed by atoms with Gasteiger partial charge in [-0.15, -0.1) is 0 Å². The second-order valence-corrected chi connectivity index (χ2v) is 5.15. The summed E-state index contributed by atoms with van der Waals surface area (Å²) in [5.41, 5.74) is 5.58. The van der Waals surface area contributed by atoms with E-state index in [1.54, 1.807) is 13.0 Å². The lowest BCUT2D eigenvalue weighted by atomic mass is 10.2. The number of benzene rings is 1. The van der Waals surface area contributed by atoms with Gasteiger partial charge in [-0.1, -0.05) is 0 Å². The first kappa shape index (κ1) is 17.3. The molecule has 0 aliphatic rings. The van der Waals surface area contributed by atoms with E-state index in [0.717, 1.165) is 12.1 Å². The maximum Gasteiger partial charge on any atom is 0.273 e. The van der Waals surface area contributed by atoms with Crippen LogP contribution in [-0.2, 0) is 0 Å². The van der Waals surface area contributed by atoms with Crippen molar-refractivity contribution in [1.82, 2.24) is 25.2 Å². The molecule has 3 rings (SSSR count). The van der Waals surface area contributed by atoms with E-state index in [2.05, 4.69) is 25.9 Å². The van der Waals surface area contributed by atoms with Crippen LogP contribution in [0.15, 0.2) is 36.7 Å². The van der Waals surface area contributed by atoms with E-state index in [1.165, 1.54) is 30.3 Å². The van der Waals surface area contributed by atoms with E-state index in [4.69, 9.17) is 4.74 Å². The second kappa shape index (κ2) is 7.13. The molecule has 2 heterocycles. The minimum atomic E-state index is -0.786. The first-order valence-corrected chi connectivity index (χ1v) is 7.43. The van der Waals surface area contributed by atoms with Crippen molar-refractivity contribution >= 4 is 11.9 Å². The van der Waals surface area contributed by atoms with Crippen LogP contribution in [0.4, 0.5) is 14.7 Å². The van der Waals surface area contributed by atoms with Crippen molar-refractivity contribution in [2.75, 3.05) is 12.5 Å². The number of nitrogens with zero attached hydrogens (tertiary/aromatic N) is 4. The Hall–Kier alpha value is -3.56. The Balaban J connectivity index is 1.77. The largest absolute Gasteiger partial charge is 0.481 e. The van der Waals surface area contributed by atoms with Gasteiger partial charge in [0.05, 0.1) is 24.6 Å². The molecule has 0 saturated carbocycles. The second-order valence-electron chi connectivity index (χ2n) is 5.15. The van der Waals surface area contributed by atoms with Crippen molar-refractivity contribution in [2.45, 2.75) is 6.92 Å². The molecule has 2 N–H and O–H groups in total. The van der Waals surface area contributed by atoms with Crippen LogP contribution in [0.2, 0.25) is 0 Å². The van der Waals surface area contributed by atoms with Crippen LogP contribution in [0.3, 0.4) is 0 Å². The Labute approximate surface area is 146 Å². The predicted octanol–water partition coefficient (Wildman–Crippen LogP) is 2.01. The van der Waals surface area contributed by atoms with Gasteiger partial charge in [-0.2, -0.15) is 10.1 Å². The number of carbonyl (C=O) groups is 1. The van der Waals surface area contributed by atoms with Crippen LogP contribution in [0.5, 0.6) is 5.88 Å². The van der Waals surface area contributed by atoms with Gasteiger partial charge in [0.2, 0.25) is 11.8 Å². The molecule has 1 amide bonds. The molecule has 26 heavy (non-hydrogen) atoms. The molecule has 8 nitrogen and oxygen atoms in total. The zero-order chi connectivity index (χ0) is 18.7. The minimum Gasteiger partial charge on any atom is -0.481 e. The SMILES string of the molecule is COc1ccnc(NNC(=O)c2cnn(-c3ccc(F)cc3F)c2C)n1. The fourth-order valence-corrected chi connectivity index (χ4v) is 2.22. The van der Waals surface area contributed by atoms with Gasteiger partial charge in [0.1, 0.15) is 11.5 Å². The van der Waals surface area contributed by atoms with Gasteiger partial charge in [0, 0.05) is 18.3 Å². The van der Waals surface area contributed by atoms with Crippen LogP contribution >= 0.6 is 0 Å². The molecule has 0 fully saturated rings. The van der Waals surface area contributed by atoms with E-state index < -0.39 is 17.5 Å². The van der Waals surface area contributed by atoms with E-state index in [1.807, 2.05) is 0 Å². The van der Waals surface area contributed by atoms with Gasteiger partial charge in [-0.3, -0.25) is 15.6 Å². The first-order valence-electron chi connectivity index (χ1n) is 7.43. The predicted molar refractivity (Wildman–Crippen MR) is 87.9 cm³/mol. The van der Waals surface area contributed by atoms with Gasteiger partial charge in [0.25, 0.3) is 5.91 Å². The summed E-state index contributed by atoms with van der Waals surface area (Å²) in [6.07, 6.45) is 2.74. The third-order valence-electron chi connectivity index (χ3n) is 3.52. The van der Waals surface area contributed by atoms with Crippen molar-refractivity contribution in [3.63, 3.8) is 0 Å². The molecule has 2 aromatic heterocycles. The van der Waals surface area contributed by atoms with Gasteiger partial charge in [-0.25, -0.2) is 18.4 Å². The average molecular weight is 360 g/mol. The third kappa shape index (κ3) is 3.43. The summed E-state index contributed by atoms with van der Waals surface area (Å²) in [4.78, 5) is 20.2. The molecule has 0 saturated heterocycles. The smallest absolute Gasteiger partial charge is 0.273 e. The van der Waals surface area contributed by atoms with E-state index >= 15 is 0 Å². The van der Waals surface area contributed by atoms with Crippen LogP contribution < -0.4 is 15.6 Å². The summed E-state index contributed by atoms with van der Waals surface area (Å²) in [5.74, 6) is -1.55. The highest BCUT2D eigenvalue weighted by molar-refractivity contribution is 5.95. The maximum atomic E-state index is 13.9. The third-order valence-corrected chi connectivity index (χ3v) is 3.52. The van der Waals surface area contributed by atoms with Crippen LogP contribution in [0, 0.1) is 18.6 Å². The Morgan fingerprint density at radius 3 is 2.81 bits per heavy atom. The number of aromatic nitrogens is 4. The lowest BCUT2D eigenvalue weighted by Crippen LogP contribution is -2.30. The molecule has 1 aromatic carbocycles. The monoisotopic (exact) mass is 360 g/mol. The summed E-state index contributed by atoms with van der Waals surface area (Å²) < 4.78 is 33.1. The molecule has 10 heteroatoms. The molecule has 0 spiro atoms. The van der Waals surface area contributed by atoms with E-state index in [9.17, 15) is 13.6 Å². The number of hydrogen-bond acceptors (Lipinski definition) is 6. The van der Waals surface area contributed by atoms with Crippen LogP contribution in [0.25, 0.3) is 5.69 Å². The molecule has 0 atom stereocenters. The molecular formula is C16H14F2N6O2. The normalized spacial score (nSPS) is 10.5. The van der Waals surface area contributed by atoms with Gasteiger partial charge in [-0.05, 0) is 19.1 Å². The van der Waals surface area contributed by atoms with Crippen molar-refractivity contribution in [2.24, 2.45) is 0 Å². The van der Waals surface area contributed by atoms with Crippen molar-refractivity contribution in [3.8, 4) is 11.6 Å². The number of hydrazine groups is 1. The molecule has 3 aromatic rings. The van der Waals surface area contributed by atoms with Gasteiger partial charge >= 0.3 is 0 Å². The van der Waals surface area contributed by atoms with Crippen LogP contribution in [-0.4, -0.2) is 32.8 Å². The van der Waals surface area contributed by atoms with Gasteiger partial charge < -0.3 is 4.74 Å². The number of methoxy groups -OCH3 is 1. The van der Waals surface area contributed by atoms with Crippen molar-refractivity contribution in [1.29, 1.82) is 0 Å². The Bertz CT molecular complexity index is 960. The average Bonchev–Trinajstić information content (AvgIpc) is 3.01. The number of anilines is 1. The van der Waals surface area contributed by atoms with Crippen molar-refractivity contribution < 1.29 is 18.3 Å². The highest BCUT2D eigenvalue weighted by atomic mass is 19.1. The lowest BCUT2D eigenvalue weighted by molar-refractivity contribution is 0.0961. The zero-order valence-electron chi connectivity index (χ0n) is 13.8. The van der Waals surface area contributed by atoms with Crippen molar-refractivity contribution in [3.05, 3.63) is 59.6 Å². The fraction of sp³-hybridized carbons (Fsp3) is 0.125. The molecular weight excluding hydrogens is 346 g/mol. The standard InChI is InChI=1S/C16H14F2N6O2/c1-9-11(8-20-24(9)13-4-3-10(17)7-12(13)18)15(25)22-23-16-19-6-5-14(21-16)26-2/h3-8H,1-2H3,(H,22,25)(H,19,21,23). The van der Waals surface area contributed by atoms with E-state index in [-0.39, 0.29) is 17.2 Å². The molecule has 0 unspecified atom stereocenters. The highest BCUT2D eigenvalue weighted by Gasteiger charge is 2.17. The molecule has 134 valence electrons. The number of rotatable bonds is 5. The summed E-state index contributed by atoms with van der Waals surface area (Å²) >= 11 is 0. The maximum absolute atomic E-state index is 13.9. The first-order chi connectivity index (χ1) is 12.5. The topological polar surface area (TPSA) is 94.0 Å². The zero-order valence-corrected chi connectivity index (χ0v) is 13.8. The van der Waals surface area contributed by atoms with E-state index in [0.29, 0.717) is 11.6 Å². The summed E-state index contributed by atoms with van der Waals surface area (Å²) in [6, 6.07) is 4.66. The quantitative estimate of drug-likeness (QED) is 0.676. The number of halogens is 2. The van der Waals surface area contributed by atoms with Gasteiger partial charge in [0.15, 0.2) is 5.82 Å². The molecule has 0 radical (unpaired) electrons. The van der Waals surface area contributed by atoms with Crippen LogP contribution in [0.1, 0.15) is 16.1 Å². The minimum absolute atomic E-state index is 0.0343. The summed E-state index contributed by atoms with van der Waals surface area (Å²) in [7, 11) is 1.46. The number of carbonyl (C=O) groups excluding carboxylic acids is 1. The Kier molecular flexibility index (Phi) is 4.74. The summed E-state index contributed by atoms with van der Waals surface area (Å²) in [5, 5.41) is 3.99. The number of amides is 1. The number of nitrogens with one attached hydrogen (secondary N) is 2. The fourth-order valence-electron chi connectivity index (χ4n) is 2.22. The molecule has 0 aliphatic carbocycles. The summed E-state index contributed by atoms with van der Waals surface area (Å²) in [6.45, 7) is 1.59. The highest BCUT2D eigenvalue weighted by Crippen LogP contribution is 2.18. The Morgan fingerprint density at radius 1 is 1.27 bits per heavy atom. The molecule has 0 bridgehead atoms. The Morgan fingerprint density at radius 2 is 2.08 bits per heavy atom.